The van der Waals surface area contributed by atoms with Gasteiger partial charge in [-0.25, -0.2) is 9.97 Å². The average Bonchev–Trinajstić information content (AvgIpc) is 2.88. The number of imidazole rings is 1. The van der Waals surface area contributed by atoms with E-state index in [1.807, 2.05) is 0 Å². The van der Waals surface area contributed by atoms with Gasteiger partial charge in [-0.3, -0.25) is 0 Å². The number of nitrogens with zero attached hydrogens (tertiary/aromatic N) is 3. The molecule has 1 N–H and O–H groups in total. The SMILES string of the molecule is N#Cc1ncc(C2CCCCO2)c2nc[nH]c12. The van der Waals surface area contributed by atoms with Crippen LogP contribution in [0.3, 0.4) is 0 Å². The van der Waals surface area contributed by atoms with Crippen molar-refractivity contribution in [1.82, 2.24) is 15.0 Å². The van der Waals surface area contributed by atoms with Gasteiger partial charge in [0, 0.05) is 18.4 Å². The van der Waals surface area contributed by atoms with E-state index in [1.54, 1.807) is 12.5 Å². The van der Waals surface area contributed by atoms with E-state index in [0.717, 1.165) is 36.9 Å². The third-order valence-electron chi connectivity index (χ3n) is 3.11. The number of hydrogen-bond acceptors (Lipinski definition) is 4. The summed E-state index contributed by atoms with van der Waals surface area (Å²) in [6, 6.07) is 2.06. The number of aromatic nitrogens is 3. The Bertz CT molecular complexity index is 578. The summed E-state index contributed by atoms with van der Waals surface area (Å²) >= 11 is 0. The molecule has 0 saturated carbocycles. The summed E-state index contributed by atoms with van der Waals surface area (Å²) in [5.41, 5.74) is 2.89. The highest BCUT2D eigenvalue weighted by Crippen LogP contribution is 2.31. The summed E-state index contributed by atoms with van der Waals surface area (Å²) in [6.07, 6.45) is 6.66. The average molecular weight is 228 g/mol. The van der Waals surface area contributed by atoms with Gasteiger partial charge in [0.25, 0.3) is 0 Å². The van der Waals surface area contributed by atoms with Crippen molar-refractivity contribution in [2.45, 2.75) is 25.4 Å². The van der Waals surface area contributed by atoms with Gasteiger partial charge in [0.1, 0.15) is 11.6 Å². The van der Waals surface area contributed by atoms with Gasteiger partial charge in [-0.1, -0.05) is 0 Å². The Kier molecular flexibility index (Phi) is 2.50. The molecule has 1 aliphatic heterocycles. The smallest absolute Gasteiger partial charge is 0.166 e. The number of pyridine rings is 1. The van der Waals surface area contributed by atoms with Gasteiger partial charge in [-0.2, -0.15) is 5.26 Å². The molecule has 0 radical (unpaired) electrons. The molecule has 0 amide bonds. The van der Waals surface area contributed by atoms with E-state index in [9.17, 15) is 0 Å². The van der Waals surface area contributed by atoms with Crippen molar-refractivity contribution in [3.8, 4) is 6.07 Å². The number of nitriles is 1. The van der Waals surface area contributed by atoms with Crippen LogP contribution in [0, 0.1) is 11.3 Å². The normalized spacial score (nSPS) is 20.3. The molecule has 1 atom stereocenters. The molecule has 0 aliphatic carbocycles. The minimum Gasteiger partial charge on any atom is -0.373 e. The number of fused-ring (bicyclic) bond motifs is 1. The fourth-order valence-electron chi connectivity index (χ4n) is 2.26. The summed E-state index contributed by atoms with van der Waals surface area (Å²) in [4.78, 5) is 11.4. The van der Waals surface area contributed by atoms with Crippen molar-refractivity contribution in [2.75, 3.05) is 6.61 Å². The fraction of sp³-hybridized carbons (Fsp3) is 0.417. The lowest BCUT2D eigenvalue weighted by Crippen LogP contribution is -2.12. The van der Waals surface area contributed by atoms with Crippen molar-refractivity contribution in [3.05, 3.63) is 23.8 Å². The third-order valence-corrected chi connectivity index (χ3v) is 3.11. The topological polar surface area (TPSA) is 74.6 Å². The van der Waals surface area contributed by atoms with Crippen LogP contribution < -0.4 is 0 Å². The van der Waals surface area contributed by atoms with E-state index in [4.69, 9.17) is 10.00 Å². The highest BCUT2D eigenvalue weighted by molar-refractivity contribution is 5.82. The lowest BCUT2D eigenvalue weighted by atomic mass is 10.0. The van der Waals surface area contributed by atoms with Crippen LogP contribution in [0.2, 0.25) is 0 Å². The molecule has 0 aromatic carbocycles. The Morgan fingerprint density at radius 3 is 3.12 bits per heavy atom. The predicted octanol–water partition coefficient (Wildman–Crippen LogP) is 2.07. The molecule has 5 nitrogen and oxygen atoms in total. The minimum absolute atomic E-state index is 0.0646. The molecule has 1 aliphatic rings. The third kappa shape index (κ3) is 1.67. The van der Waals surface area contributed by atoms with Crippen molar-refractivity contribution >= 4 is 11.0 Å². The second-order valence-electron chi connectivity index (χ2n) is 4.16. The van der Waals surface area contributed by atoms with Gasteiger partial charge < -0.3 is 9.72 Å². The van der Waals surface area contributed by atoms with Crippen LogP contribution in [0.25, 0.3) is 11.0 Å². The maximum Gasteiger partial charge on any atom is 0.166 e. The standard InChI is InChI=1S/C12H12N4O/c13-5-9-12-11(15-7-16-12)8(6-14-9)10-3-1-2-4-17-10/h6-7,10H,1-4H2,(H,15,16). The lowest BCUT2D eigenvalue weighted by molar-refractivity contribution is 0.0156. The van der Waals surface area contributed by atoms with E-state index in [2.05, 4.69) is 21.0 Å². The predicted molar refractivity (Wildman–Crippen MR) is 61.1 cm³/mol. The van der Waals surface area contributed by atoms with Crippen LogP contribution in [-0.2, 0) is 4.74 Å². The molecule has 1 saturated heterocycles. The lowest BCUT2D eigenvalue weighted by Gasteiger charge is -2.22. The van der Waals surface area contributed by atoms with Gasteiger partial charge in [0.2, 0.25) is 0 Å². The van der Waals surface area contributed by atoms with E-state index < -0.39 is 0 Å². The second kappa shape index (κ2) is 4.15. The molecule has 1 unspecified atom stereocenters. The highest BCUT2D eigenvalue weighted by Gasteiger charge is 2.21. The molecule has 2 aromatic heterocycles. The molecular weight excluding hydrogens is 216 g/mol. The summed E-state index contributed by atoms with van der Waals surface area (Å²) < 4.78 is 5.74. The number of H-pyrrole nitrogens is 1. The zero-order valence-corrected chi connectivity index (χ0v) is 9.31. The Morgan fingerprint density at radius 2 is 2.35 bits per heavy atom. The zero-order valence-electron chi connectivity index (χ0n) is 9.31. The molecule has 3 rings (SSSR count). The monoisotopic (exact) mass is 228 g/mol. The molecule has 0 bridgehead atoms. The van der Waals surface area contributed by atoms with Crippen molar-refractivity contribution in [2.24, 2.45) is 0 Å². The van der Waals surface area contributed by atoms with Crippen LogP contribution in [0.4, 0.5) is 0 Å². The first-order chi connectivity index (χ1) is 8.40. The number of aromatic amines is 1. The van der Waals surface area contributed by atoms with Gasteiger partial charge in [0.05, 0.1) is 17.9 Å². The summed E-state index contributed by atoms with van der Waals surface area (Å²) in [7, 11) is 0. The number of rotatable bonds is 1. The highest BCUT2D eigenvalue weighted by atomic mass is 16.5. The van der Waals surface area contributed by atoms with Gasteiger partial charge >= 0.3 is 0 Å². The second-order valence-corrected chi connectivity index (χ2v) is 4.16. The largest absolute Gasteiger partial charge is 0.373 e. The van der Waals surface area contributed by atoms with Gasteiger partial charge in [-0.05, 0) is 19.3 Å². The quantitative estimate of drug-likeness (QED) is 0.810. The Morgan fingerprint density at radius 1 is 1.41 bits per heavy atom. The maximum atomic E-state index is 8.96. The summed E-state index contributed by atoms with van der Waals surface area (Å²) in [5, 5.41) is 8.96. The Balaban J connectivity index is 2.11. The van der Waals surface area contributed by atoms with Crippen molar-refractivity contribution in [1.29, 1.82) is 5.26 Å². The van der Waals surface area contributed by atoms with E-state index >= 15 is 0 Å². The summed E-state index contributed by atoms with van der Waals surface area (Å²) in [6.45, 7) is 0.788. The Labute approximate surface area is 98.5 Å². The van der Waals surface area contributed by atoms with Crippen LogP contribution in [-0.4, -0.2) is 21.6 Å². The molecule has 86 valence electrons. The zero-order chi connectivity index (χ0) is 11.7. The van der Waals surface area contributed by atoms with Crippen LogP contribution in [0.1, 0.15) is 36.6 Å². The molecule has 17 heavy (non-hydrogen) atoms. The van der Waals surface area contributed by atoms with Crippen LogP contribution in [0.15, 0.2) is 12.5 Å². The maximum absolute atomic E-state index is 8.96. The molecule has 3 heterocycles. The van der Waals surface area contributed by atoms with Crippen molar-refractivity contribution in [3.63, 3.8) is 0 Å². The number of nitrogens with one attached hydrogen (secondary N) is 1. The van der Waals surface area contributed by atoms with E-state index in [1.165, 1.54) is 0 Å². The first-order valence-corrected chi connectivity index (χ1v) is 5.74. The summed E-state index contributed by atoms with van der Waals surface area (Å²) in [5.74, 6) is 0. The van der Waals surface area contributed by atoms with E-state index in [-0.39, 0.29) is 6.10 Å². The van der Waals surface area contributed by atoms with Crippen LogP contribution >= 0.6 is 0 Å². The minimum atomic E-state index is 0.0646. The van der Waals surface area contributed by atoms with E-state index in [0.29, 0.717) is 11.2 Å². The van der Waals surface area contributed by atoms with Gasteiger partial charge in [-0.15, -0.1) is 0 Å². The number of ether oxygens (including phenoxy) is 1. The Hall–Kier alpha value is -1.93. The number of hydrogen-bond donors (Lipinski definition) is 1. The molecule has 1 fully saturated rings. The molecule has 0 spiro atoms. The van der Waals surface area contributed by atoms with Crippen LogP contribution in [0.5, 0.6) is 0 Å². The van der Waals surface area contributed by atoms with Crippen molar-refractivity contribution < 1.29 is 4.74 Å². The van der Waals surface area contributed by atoms with Gasteiger partial charge in [0.15, 0.2) is 5.69 Å². The molecule has 2 aromatic rings. The molecular formula is C12H12N4O. The fourth-order valence-corrected chi connectivity index (χ4v) is 2.26. The molecule has 5 heteroatoms. The first-order valence-electron chi connectivity index (χ1n) is 5.74. The first kappa shape index (κ1) is 10.2.